The van der Waals surface area contributed by atoms with Crippen molar-refractivity contribution in [3.8, 4) is 0 Å². The fourth-order valence-corrected chi connectivity index (χ4v) is 8.75. The van der Waals surface area contributed by atoms with E-state index in [2.05, 4.69) is 19.2 Å². The SMILES string of the molecule is COC[C@]12CC[C@@H](O)C[C@@H]1CC[C@H]1[C@@H]3CC[C@H](C(=O)CNCC(C)CN)[C@@]3(C)CC[C@@H]12. The number of ketones is 1. The number of nitrogens with two attached hydrogens (primary N) is 1. The van der Waals surface area contributed by atoms with E-state index in [9.17, 15) is 9.90 Å². The summed E-state index contributed by atoms with van der Waals surface area (Å²) in [5.74, 6) is 3.75. The van der Waals surface area contributed by atoms with Crippen LogP contribution in [0.4, 0.5) is 0 Å². The van der Waals surface area contributed by atoms with Crippen molar-refractivity contribution in [2.45, 2.75) is 77.7 Å². The number of fused-ring (bicyclic) bond motifs is 5. The van der Waals surface area contributed by atoms with Gasteiger partial charge in [-0.05, 0) is 111 Å². The average Bonchev–Trinajstić information content (AvgIpc) is 3.11. The number of carbonyl (C=O) groups excluding carboxylic acids is 1. The first-order valence-electron chi connectivity index (χ1n) is 13.0. The molecule has 0 aliphatic heterocycles. The van der Waals surface area contributed by atoms with Crippen molar-refractivity contribution in [1.82, 2.24) is 5.32 Å². The molecule has 9 atom stereocenters. The van der Waals surface area contributed by atoms with Crippen LogP contribution in [0.3, 0.4) is 0 Å². The smallest absolute Gasteiger partial charge is 0.150 e. The lowest BCUT2D eigenvalue weighted by atomic mass is 9.44. The average molecular weight is 435 g/mol. The monoisotopic (exact) mass is 434 g/mol. The zero-order valence-corrected chi connectivity index (χ0v) is 20.1. The molecule has 4 aliphatic rings. The van der Waals surface area contributed by atoms with E-state index < -0.39 is 0 Å². The number of hydrogen-bond donors (Lipinski definition) is 3. The Kier molecular flexibility index (Phi) is 7.18. The quantitative estimate of drug-likeness (QED) is 0.545. The third-order valence-electron chi connectivity index (χ3n) is 10.3. The number of aliphatic hydroxyl groups excluding tert-OH is 1. The molecule has 5 heteroatoms. The molecule has 0 bridgehead atoms. The number of rotatable bonds is 8. The van der Waals surface area contributed by atoms with Gasteiger partial charge in [0.15, 0.2) is 0 Å². The Labute approximate surface area is 189 Å². The molecule has 0 saturated heterocycles. The Balaban J connectivity index is 1.48. The van der Waals surface area contributed by atoms with E-state index in [0.29, 0.717) is 42.5 Å². The molecule has 0 aromatic carbocycles. The van der Waals surface area contributed by atoms with Crippen LogP contribution < -0.4 is 11.1 Å². The maximum absolute atomic E-state index is 13.2. The van der Waals surface area contributed by atoms with Gasteiger partial charge in [0.05, 0.1) is 19.3 Å². The molecule has 0 amide bonds. The lowest BCUT2D eigenvalue weighted by Gasteiger charge is -2.61. The van der Waals surface area contributed by atoms with Crippen LogP contribution in [0.25, 0.3) is 0 Å². The van der Waals surface area contributed by atoms with Crippen molar-refractivity contribution in [3.63, 3.8) is 0 Å². The van der Waals surface area contributed by atoms with Crippen LogP contribution in [0.1, 0.15) is 71.6 Å². The fourth-order valence-electron chi connectivity index (χ4n) is 8.75. The molecule has 0 aromatic rings. The van der Waals surface area contributed by atoms with Gasteiger partial charge in [-0.1, -0.05) is 13.8 Å². The summed E-state index contributed by atoms with van der Waals surface area (Å²) in [6, 6.07) is 0. The first-order valence-corrected chi connectivity index (χ1v) is 13.0. The van der Waals surface area contributed by atoms with Crippen LogP contribution in [-0.4, -0.2) is 50.3 Å². The third-order valence-corrected chi connectivity index (χ3v) is 10.3. The Morgan fingerprint density at radius 2 is 1.97 bits per heavy atom. The second kappa shape index (κ2) is 9.40. The van der Waals surface area contributed by atoms with Gasteiger partial charge in [0, 0.05) is 13.0 Å². The van der Waals surface area contributed by atoms with Gasteiger partial charge in [-0.2, -0.15) is 0 Å². The number of methoxy groups -OCH3 is 1. The summed E-state index contributed by atoms with van der Waals surface area (Å²) in [6.07, 6.45) is 10.1. The maximum Gasteiger partial charge on any atom is 0.150 e. The zero-order chi connectivity index (χ0) is 22.2. The van der Waals surface area contributed by atoms with Crippen LogP contribution in [-0.2, 0) is 9.53 Å². The Morgan fingerprint density at radius 1 is 1.16 bits per heavy atom. The summed E-state index contributed by atoms with van der Waals surface area (Å²) in [5, 5.41) is 13.7. The van der Waals surface area contributed by atoms with Crippen LogP contribution >= 0.6 is 0 Å². The Morgan fingerprint density at radius 3 is 2.71 bits per heavy atom. The Bertz CT molecular complexity index is 642. The minimum atomic E-state index is -0.122. The molecule has 31 heavy (non-hydrogen) atoms. The van der Waals surface area contributed by atoms with Crippen molar-refractivity contribution in [2.24, 2.45) is 52.1 Å². The van der Waals surface area contributed by atoms with Gasteiger partial charge in [0.2, 0.25) is 0 Å². The molecule has 4 aliphatic carbocycles. The lowest BCUT2D eigenvalue weighted by Crippen LogP contribution is -2.57. The highest BCUT2D eigenvalue weighted by atomic mass is 16.5. The molecule has 178 valence electrons. The lowest BCUT2D eigenvalue weighted by molar-refractivity contribution is -0.160. The molecule has 5 nitrogen and oxygen atoms in total. The molecule has 4 rings (SSSR count). The predicted molar refractivity (Wildman–Crippen MR) is 124 cm³/mol. The highest BCUT2D eigenvalue weighted by molar-refractivity contribution is 5.84. The molecule has 0 heterocycles. The maximum atomic E-state index is 13.2. The number of carbonyl (C=O) groups is 1. The second-order valence-corrected chi connectivity index (χ2v) is 11.9. The van der Waals surface area contributed by atoms with Crippen molar-refractivity contribution in [3.05, 3.63) is 0 Å². The number of aliphatic hydroxyl groups is 1. The molecule has 4 fully saturated rings. The highest BCUT2D eigenvalue weighted by Gasteiger charge is 2.62. The number of nitrogens with one attached hydrogen (secondary N) is 1. The Hall–Kier alpha value is -0.490. The fraction of sp³-hybridized carbons (Fsp3) is 0.962. The van der Waals surface area contributed by atoms with Gasteiger partial charge in [-0.25, -0.2) is 0 Å². The van der Waals surface area contributed by atoms with Crippen molar-refractivity contribution in [1.29, 1.82) is 0 Å². The number of hydrogen-bond acceptors (Lipinski definition) is 5. The van der Waals surface area contributed by atoms with Crippen molar-refractivity contribution >= 4 is 5.78 Å². The topological polar surface area (TPSA) is 84.6 Å². The first kappa shape index (κ1) is 23.7. The van der Waals surface area contributed by atoms with Gasteiger partial charge in [-0.15, -0.1) is 0 Å². The molecule has 1 unspecified atom stereocenters. The van der Waals surface area contributed by atoms with E-state index in [1.54, 1.807) is 0 Å². The standard InChI is InChI=1S/C26H46N2O3/c1-17(13-27)14-28-15-24(30)23-7-6-21-20-5-4-18-12-19(29)8-11-26(18,16-31-3)22(20)9-10-25(21,23)2/h17-23,28-29H,4-16,27H2,1-3H3/t17?,18-,19+,20-,21-,22-,23+,25-,26+/m0/s1. The normalized spacial score (nSPS) is 45.5. The zero-order valence-electron chi connectivity index (χ0n) is 20.1. The predicted octanol–water partition coefficient (Wildman–Crippen LogP) is 3.39. The molecular weight excluding hydrogens is 388 g/mol. The van der Waals surface area contributed by atoms with Gasteiger partial charge in [0.1, 0.15) is 5.78 Å². The van der Waals surface area contributed by atoms with Gasteiger partial charge < -0.3 is 20.9 Å². The van der Waals surface area contributed by atoms with E-state index in [4.69, 9.17) is 10.5 Å². The van der Waals surface area contributed by atoms with Gasteiger partial charge in [0.25, 0.3) is 0 Å². The minimum absolute atomic E-state index is 0.122. The highest BCUT2D eigenvalue weighted by Crippen LogP contribution is 2.67. The van der Waals surface area contributed by atoms with E-state index in [0.717, 1.165) is 44.8 Å². The van der Waals surface area contributed by atoms with E-state index in [-0.39, 0.29) is 22.9 Å². The van der Waals surface area contributed by atoms with Crippen molar-refractivity contribution in [2.75, 3.05) is 33.4 Å². The summed E-state index contributed by atoms with van der Waals surface area (Å²) in [7, 11) is 1.86. The first-order chi connectivity index (χ1) is 14.9. The number of ether oxygens (including phenoxy) is 1. The van der Waals surface area contributed by atoms with Crippen LogP contribution in [0, 0.1) is 46.3 Å². The minimum Gasteiger partial charge on any atom is -0.393 e. The van der Waals surface area contributed by atoms with E-state index >= 15 is 0 Å². The molecule has 4 N–H and O–H groups in total. The molecule has 0 aromatic heterocycles. The summed E-state index contributed by atoms with van der Waals surface area (Å²) < 4.78 is 5.84. The van der Waals surface area contributed by atoms with E-state index in [1.807, 2.05) is 7.11 Å². The van der Waals surface area contributed by atoms with E-state index in [1.165, 1.54) is 32.1 Å². The summed E-state index contributed by atoms with van der Waals surface area (Å²) in [5.41, 5.74) is 6.13. The molecular formula is C26H46N2O3. The summed E-state index contributed by atoms with van der Waals surface area (Å²) in [6.45, 7) is 7.40. The molecule has 4 saturated carbocycles. The third kappa shape index (κ3) is 4.13. The van der Waals surface area contributed by atoms with Crippen LogP contribution in [0.2, 0.25) is 0 Å². The van der Waals surface area contributed by atoms with Crippen molar-refractivity contribution < 1.29 is 14.6 Å². The summed E-state index contributed by atoms with van der Waals surface area (Å²) in [4.78, 5) is 13.2. The molecule has 0 spiro atoms. The van der Waals surface area contributed by atoms with Gasteiger partial charge >= 0.3 is 0 Å². The van der Waals surface area contributed by atoms with Crippen LogP contribution in [0.5, 0.6) is 0 Å². The molecule has 0 radical (unpaired) electrons. The summed E-state index contributed by atoms with van der Waals surface area (Å²) >= 11 is 0. The number of Topliss-reactive ketones (excluding diaryl/α,β-unsaturated/α-hetero) is 1. The second-order valence-electron chi connectivity index (χ2n) is 11.9. The largest absolute Gasteiger partial charge is 0.393 e. The van der Waals surface area contributed by atoms with Crippen LogP contribution in [0.15, 0.2) is 0 Å². The van der Waals surface area contributed by atoms with Gasteiger partial charge in [-0.3, -0.25) is 4.79 Å².